The summed E-state index contributed by atoms with van der Waals surface area (Å²) in [4.78, 5) is 45.6. The number of hydrogen-bond acceptors (Lipinski definition) is 14. The minimum Gasteiger partial charge on any atom is -0.496 e. The van der Waals surface area contributed by atoms with Gasteiger partial charge in [0, 0.05) is 60.1 Å². The minimum atomic E-state index is -1.00. The zero-order valence-electron chi connectivity index (χ0n) is 33.1. The fourth-order valence-electron chi connectivity index (χ4n) is 5.90. The average molecular weight is 885 g/mol. The number of carbonyl (C=O) groups excluding carboxylic acids is 1. The highest BCUT2D eigenvalue weighted by Gasteiger charge is 2.18. The van der Waals surface area contributed by atoms with Crippen molar-refractivity contribution in [3.63, 3.8) is 0 Å². The van der Waals surface area contributed by atoms with Crippen molar-refractivity contribution in [2.75, 3.05) is 44.5 Å². The van der Waals surface area contributed by atoms with E-state index in [9.17, 15) is 23.5 Å². The van der Waals surface area contributed by atoms with E-state index in [0.717, 1.165) is 6.21 Å². The summed E-state index contributed by atoms with van der Waals surface area (Å²) in [6, 6.07) is 20.1. The van der Waals surface area contributed by atoms with Gasteiger partial charge in [-0.25, -0.2) is 28.7 Å². The lowest BCUT2D eigenvalue weighted by molar-refractivity contribution is -0.138. The first-order valence-electron chi connectivity index (χ1n) is 18.5. The van der Waals surface area contributed by atoms with Gasteiger partial charge in [-0.1, -0.05) is 35.3 Å². The summed E-state index contributed by atoms with van der Waals surface area (Å²) in [5.41, 5.74) is 2.81. The van der Waals surface area contributed by atoms with E-state index in [1.54, 1.807) is 47.4 Å². The number of carbonyl (C=O) groups is 2. The van der Waals surface area contributed by atoms with Crippen molar-refractivity contribution in [3.05, 3.63) is 106 Å². The number of ether oxygens (including phenoxy) is 2. The minimum absolute atomic E-state index is 0.00938. The van der Waals surface area contributed by atoms with Crippen molar-refractivity contribution in [2.24, 2.45) is 4.99 Å². The van der Waals surface area contributed by atoms with Gasteiger partial charge in [-0.2, -0.15) is 10.5 Å². The number of nitrogens with one attached hydrogen (secondary N) is 3. The topological polar surface area (TPSA) is 224 Å². The van der Waals surface area contributed by atoms with Crippen LogP contribution in [0.5, 0.6) is 11.5 Å². The second kappa shape index (κ2) is 22.4. The van der Waals surface area contributed by atoms with E-state index in [1.807, 2.05) is 12.1 Å². The van der Waals surface area contributed by atoms with Crippen LogP contribution in [-0.4, -0.2) is 81.9 Å². The Morgan fingerprint density at radius 1 is 0.823 bits per heavy atom. The molecule has 2 heterocycles. The Morgan fingerprint density at radius 3 is 1.87 bits per heavy atom. The summed E-state index contributed by atoms with van der Waals surface area (Å²) in [5, 5.41) is 36.3. The number of benzene rings is 4. The Balaban J connectivity index is 0.000000234. The number of amides is 1. The first kappa shape index (κ1) is 45.8. The number of rotatable bonds is 17. The molecule has 16 nitrogen and oxygen atoms in total. The van der Waals surface area contributed by atoms with Gasteiger partial charge in [0.2, 0.25) is 0 Å². The van der Waals surface area contributed by atoms with E-state index in [4.69, 9.17) is 43.2 Å². The number of aliphatic carboxylic acids is 1. The van der Waals surface area contributed by atoms with Crippen LogP contribution in [0.15, 0.2) is 78.3 Å². The molecule has 0 aliphatic carbocycles. The Bertz CT molecular complexity index is 2700. The lowest BCUT2D eigenvalue weighted by Gasteiger charge is -2.21. The number of nitrogens with zero attached hydrogens (tertiary/aromatic N) is 8. The zero-order valence-corrected chi connectivity index (χ0v) is 34.6. The molecule has 0 saturated heterocycles. The molecule has 0 aliphatic heterocycles. The van der Waals surface area contributed by atoms with Crippen LogP contribution in [0.25, 0.3) is 21.8 Å². The van der Waals surface area contributed by atoms with Crippen LogP contribution in [-0.2, 0) is 22.7 Å². The molecule has 0 saturated carbocycles. The van der Waals surface area contributed by atoms with E-state index in [-0.39, 0.29) is 67.0 Å². The molecule has 6 rings (SSSR count). The summed E-state index contributed by atoms with van der Waals surface area (Å²) in [6.45, 7) is 0.700. The van der Waals surface area contributed by atoms with Gasteiger partial charge >= 0.3 is 5.97 Å². The molecule has 0 aliphatic rings. The number of aliphatic imine (C=N–C) groups is 1. The van der Waals surface area contributed by atoms with Gasteiger partial charge in [-0.05, 0) is 36.4 Å². The standard InChI is InChI=1S/C21H18ClFN6O2.C21H19ClFN5O3/c1-31-18-9-17-14(8-13(18)10-26-19(30)11-25-7-3-6-24)21(28-12-27-17)29-16-5-2-4-15(22)20(16)23;1-31-18-9-17-14(8-13(18)10-28(7-3-6-24)11-19(29)30)21(26-12-25-17)27-16-5-2-4-15(22)20(16)23/h2,4-5,8-9,11-12H,3,7,10H2,1H3,(H,26,30)(H,27,28,29);2,4-5,8-9,12H,3,7,10-11H2,1H3,(H,29,30)(H,25,26,27). The fraction of sp³-hybridized carbons (Fsp3) is 0.214. The van der Waals surface area contributed by atoms with E-state index < -0.39 is 23.5 Å². The summed E-state index contributed by atoms with van der Waals surface area (Å²) in [6.07, 6.45) is 4.27. The third kappa shape index (κ3) is 12.2. The Kier molecular flexibility index (Phi) is 16.5. The Morgan fingerprint density at radius 2 is 1.35 bits per heavy atom. The highest BCUT2D eigenvalue weighted by molar-refractivity contribution is 6.31. The van der Waals surface area contributed by atoms with Crippen molar-refractivity contribution in [2.45, 2.75) is 25.9 Å². The molecule has 318 valence electrons. The molecule has 4 N–H and O–H groups in total. The van der Waals surface area contributed by atoms with Crippen LogP contribution in [0.4, 0.5) is 31.8 Å². The molecule has 2 aromatic heterocycles. The maximum absolute atomic E-state index is 14.4. The van der Waals surface area contributed by atoms with Crippen molar-refractivity contribution in [1.82, 2.24) is 30.2 Å². The van der Waals surface area contributed by atoms with E-state index in [0.29, 0.717) is 56.1 Å². The molecule has 0 spiro atoms. The maximum Gasteiger partial charge on any atom is 0.317 e. The number of methoxy groups -OCH3 is 2. The van der Waals surface area contributed by atoms with Crippen LogP contribution in [0.2, 0.25) is 10.0 Å². The number of aromatic nitrogens is 4. The molecule has 0 fully saturated rings. The lowest BCUT2D eigenvalue weighted by atomic mass is 10.1. The molecule has 4 aromatic carbocycles. The highest BCUT2D eigenvalue weighted by Crippen LogP contribution is 2.33. The van der Waals surface area contributed by atoms with Crippen LogP contribution < -0.4 is 25.4 Å². The highest BCUT2D eigenvalue weighted by atomic mass is 35.5. The zero-order chi connectivity index (χ0) is 44.6. The van der Waals surface area contributed by atoms with Crippen LogP contribution in [0.1, 0.15) is 24.0 Å². The second-order valence-electron chi connectivity index (χ2n) is 12.9. The average Bonchev–Trinajstić information content (AvgIpc) is 3.26. The monoisotopic (exact) mass is 883 g/mol. The molecular weight excluding hydrogens is 847 g/mol. The van der Waals surface area contributed by atoms with Gasteiger partial charge in [-0.15, -0.1) is 0 Å². The molecule has 6 aromatic rings. The van der Waals surface area contributed by atoms with E-state index in [1.165, 1.54) is 45.1 Å². The number of hydrogen-bond donors (Lipinski definition) is 4. The van der Waals surface area contributed by atoms with Crippen molar-refractivity contribution >= 4 is 86.1 Å². The SMILES string of the molecule is COc1cc2ncnc(Nc3cccc(Cl)c3F)c2cc1CN(CCC#N)CC(=O)O.COc1cc2ncnc(Nc3cccc(Cl)c3F)c2cc1CNC(=O)C=NCCC#N. The second-order valence-corrected chi connectivity index (χ2v) is 13.7. The summed E-state index contributed by atoms with van der Waals surface area (Å²) in [7, 11) is 3.01. The van der Waals surface area contributed by atoms with Gasteiger partial charge in [0.05, 0.1) is 84.5 Å². The third-order valence-corrected chi connectivity index (χ3v) is 9.38. The number of carboxylic acid groups (broad SMARTS) is 1. The van der Waals surface area contributed by atoms with Crippen LogP contribution in [0, 0.1) is 34.3 Å². The number of carboxylic acids is 1. The van der Waals surface area contributed by atoms with Crippen molar-refractivity contribution in [3.8, 4) is 23.6 Å². The van der Waals surface area contributed by atoms with Crippen molar-refractivity contribution < 1.29 is 33.0 Å². The van der Waals surface area contributed by atoms with E-state index >= 15 is 0 Å². The number of fused-ring (bicyclic) bond motifs is 2. The Labute approximate surface area is 363 Å². The summed E-state index contributed by atoms with van der Waals surface area (Å²) >= 11 is 11.7. The number of halogens is 4. The smallest absolute Gasteiger partial charge is 0.317 e. The molecular formula is C42H37Cl2F2N11O5. The maximum atomic E-state index is 14.4. The summed E-state index contributed by atoms with van der Waals surface area (Å²) in [5.74, 6) is -0.826. The predicted molar refractivity (Wildman–Crippen MR) is 230 cm³/mol. The molecule has 0 bridgehead atoms. The molecule has 0 unspecified atom stereocenters. The van der Waals surface area contributed by atoms with Gasteiger partial charge in [0.25, 0.3) is 5.91 Å². The van der Waals surface area contributed by atoms with E-state index in [2.05, 4.69) is 40.9 Å². The number of anilines is 4. The normalized spacial score (nSPS) is 10.8. The molecule has 20 heteroatoms. The largest absolute Gasteiger partial charge is 0.496 e. The quantitative estimate of drug-likeness (QED) is 0.0508. The number of nitriles is 2. The molecule has 0 atom stereocenters. The molecule has 62 heavy (non-hydrogen) atoms. The van der Waals surface area contributed by atoms with Gasteiger partial charge in [0.1, 0.15) is 35.8 Å². The first-order valence-corrected chi connectivity index (χ1v) is 19.2. The first-order chi connectivity index (χ1) is 30.0. The van der Waals surface area contributed by atoms with Crippen LogP contribution >= 0.6 is 23.2 Å². The molecule has 1 amide bonds. The Hall–Kier alpha value is -7.25. The fourth-order valence-corrected chi connectivity index (χ4v) is 6.25. The lowest BCUT2D eigenvalue weighted by Crippen LogP contribution is -2.30. The van der Waals surface area contributed by atoms with Gasteiger partial charge in [-0.3, -0.25) is 19.5 Å². The molecule has 0 radical (unpaired) electrons. The predicted octanol–water partition coefficient (Wildman–Crippen LogP) is 7.75. The summed E-state index contributed by atoms with van der Waals surface area (Å²) < 4.78 is 39.5. The van der Waals surface area contributed by atoms with Gasteiger partial charge < -0.3 is 30.5 Å². The van der Waals surface area contributed by atoms with Crippen LogP contribution in [0.3, 0.4) is 0 Å². The van der Waals surface area contributed by atoms with Gasteiger partial charge in [0.15, 0.2) is 11.6 Å². The third-order valence-electron chi connectivity index (χ3n) is 8.79. The van der Waals surface area contributed by atoms with Crippen molar-refractivity contribution in [1.29, 1.82) is 10.5 Å².